The van der Waals surface area contributed by atoms with Crippen LogP contribution in [0.5, 0.6) is 0 Å². The average molecular weight is 242 g/mol. The minimum atomic E-state index is 0.304. The minimum Gasteiger partial charge on any atom is -0.357 e. The highest BCUT2D eigenvalue weighted by Crippen LogP contribution is 2.20. The molecule has 0 spiro atoms. The number of nitrogens with zero attached hydrogens (tertiary/aromatic N) is 3. The second-order valence-corrected chi connectivity index (χ2v) is 4.53. The van der Waals surface area contributed by atoms with E-state index in [1.807, 2.05) is 6.07 Å². The quantitative estimate of drug-likeness (QED) is 0.739. The van der Waals surface area contributed by atoms with Gasteiger partial charge in [-0.15, -0.1) is 0 Å². The van der Waals surface area contributed by atoms with Crippen LogP contribution in [0.1, 0.15) is 45.9 Å². The van der Waals surface area contributed by atoms with Crippen LogP contribution in [-0.2, 0) is 0 Å². The highest BCUT2D eigenvalue weighted by molar-refractivity contribution is 6.29. The summed E-state index contributed by atoms with van der Waals surface area (Å²) in [5.74, 6) is 2.06. The fourth-order valence-corrected chi connectivity index (χ4v) is 1.73. The van der Waals surface area contributed by atoms with Crippen molar-refractivity contribution in [2.75, 3.05) is 18.0 Å². The molecular formula is C12H20ClN3. The summed E-state index contributed by atoms with van der Waals surface area (Å²) in [4.78, 5) is 11.0. The van der Waals surface area contributed by atoms with Gasteiger partial charge in [0.1, 0.15) is 16.8 Å². The van der Waals surface area contributed by atoms with E-state index in [9.17, 15) is 0 Å². The predicted molar refractivity (Wildman–Crippen MR) is 69.3 cm³/mol. The van der Waals surface area contributed by atoms with Gasteiger partial charge in [0.2, 0.25) is 0 Å². The Morgan fingerprint density at radius 3 is 2.50 bits per heavy atom. The Kier molecular flexibility index (Phi) is 5.00. The van der Waals surface area contributed by atoms with Gasteiger partial charge in [-0.3, -0.25) is 0 Å². The monoisotopic (exact) mass is 241 g/mol. The third-order valence-electron chi connectivity index (χ3n) is 2.41. The lowest BCUT2D eigenvalue weighted by molar-refractivity contribution is 0.738. The van der Waals surface area contributed by atoms with Gasteiger partial charge < -0.3 is 4.90 Å². The maximum atomic E-state index is 6.02. The lowest BCUT2D eigenvalue weighted by Crippen LogP contribution is -2.25. The highest BCUT2D eigenvalue weighted by Gasteiger charge is 2.10. The van der Waals surface area contributed by atoms with E-state index in [2.05, 4.69) is 42.6 Å². The molecule has 0 aliphatic rings. The maximum Gasteiger partial charge on any atom is 0.135 e. The van der Waals surface area contributed by atoms with Crippen molar-refractivity contribution in [3.8, 4) is 0 Å². The first kappa shape index (κ1) is 13.2. The number of halogens is 1. The van der Waals surface area contributed by atoms with Gasteiger partial charge >= 0.3 is 0 Å². The molecule has 0 unspecified atom stereocenters. The molecule has 0 aliphatic carbocycles. The average Bonchev–Trinajstić information content (AvgIpc) is 2.24. The molecule has 0 atom stereocenters. The normalized spacial score (nSPS) is 10.9. The number of hydrogen-bond donors (Lipinski definition) is 0. The number of rotatable bonds is 5. The van der Waals surface area contributed by atoms with Gasteiger partial charge in [0.25, 0.3) is 0 Å². The molecule has 0 bridgehead atoms. The molecule has 1 aromatic heterocycles. The molecule has 0 amide bonds. The molecule has 3 nitrogen and oxygen atoms in total. The Morgan fingerprint density at radius 1 is 1.31 bits per heavy atom. The van der Waals surface area contributed by atoms with E-state index >= 15 is 0 Å². The number of hydrogen-bond acceptors (Lipinski definition) is 3. The first-order valence-electron chi connectivity index (χ1n) is 5.87. The van der Waals surface area contributed by atoms with Gasteiger partial charge in [-0.2, -0.15) is 0 Å². The summed E-state index contributed by atoms with van der Waals surface area (Å²) in [6, 6.07) is 1.84. The van der Waals surface area contributed by atoms with Gasteiger partial charge in [-0.25, -0.2) is 9.97 Å². The van der Waals surface area contributed by atoms with Crippen LogP contribution < -0.4 is 4.90 Å². The predicted octanol–water partition coefficient (Wildman–Crippen LogP) is 3.49. The lowest BCUT2D eigenvalue weighted by Gasteiger charge is -2.22. The molecule has 16 heavy (non-hydrogen) atoms. The Hall–Kier alpha value is -0.830. The third-order valence-corrected chi connectivity index (χ3v) is 2.61. The van der Waals surface area contributed by atoms with Crippen molar-refractivity contribution in [3.63, 3.8) is 0 Å². The summed E-state index contributed by atoms with van der Waals surface area (Å²) < 4.78 is 0. The van der Waals surface area contributed by atoms with Gasteiger partial charge in [0, 0.05) is 25.1 Å². The van der Waals surface area contributed by atoms with Crippen LogP contribution in [-0.4, -0.2) is 23.1 Å². The van der Waals surface area contributed by atoms with Crippen LogP contribution in [0.3, 0.4) is 0 Å². The van der Waals surface area contributed by atoms with Crippen molar-refractivity contribution >= 4 is 17.4 Å². The van der Waals surface area contributed by atoms with E-state index in [0.717, 1.165) is 31.2 Å². The summed E-state index contributed by atoms with van der Waals surface area (Å²) >= 11 is 6.02. The number of aromatic nitrogens is 2. The Bertz CT molecular complexity index is 339. The molecule has 0 aromatic carbocycles. The largest absolute Gasteiger partial charge is 0.357 e. The Labute approximate surface area is 103 Å². The van der Waals surface area contributed by atoms with Crippen molar-refractivity contribution in [1.29, 1.82) is 0 Å². The maximum absolute atomic E-state index is 6.02. The molecule has 1 rings (SSSR count). The topological polar surface area (TPSA) is 29.0 Å². The second kappa shape index (κ2) is 6.04. The van der Waals surface area contributed by atoms with E-state index in [4.69, 9.17) is 11.6 Å². The smallest absolute Gasteiger partial charge is 0.135 e. The minimum absolute atomic E-state index is 0.304. The van der Waals surface area contributed by atoms with Crippen LogP contribution in [0.2, 0.25) is 5.15 Å². The third kappa shape index (κ3) is 3.34. The van der Waals surface area contributed by atoms with E-state index < -0.39 is 0 Å². The van der Waals surface area contributed by atoms with E-state index in [1.54, 1.807) is 0 Å². The molecule has 0 saturated heterocycles. The highest BCUT2D eigenvalue weighted by atomic mass is 35.5. The second-order valence-electron chi connectivity index (χ2n) is 4.14. The van der Waals surface area contributed by atoms with Crippen LogP contribution in [0.4, 0.5) is 5.82 Å². The van der Waals surface area contributed by atoms with Gasteiger partial charge in [-0.05, 0) is 13.3 Å². The van der Waals surface area contributed by atoms with Crippen LogP contribution >= 0.6 is 11.6 Å². The first-order valence-corrected chi connectivity index (χ1v) is 6.25. The zero-order valence-electron chi connectivity index (χ0n) is 10.5. The molecule has 0 radical (unpaired) electrons. The summed E-state index contributed by atoms with van der Waals surface area (Å²) in [5.41, 5.74) is 0. The standard InChI is InChI=1S/C12H20ClN3/c1-5-7-16(6-2)11-8-10(13)14-12(15-11)9(3)4/h8-9H,5-7H2,1-4H3. The van der Waals surface area contributed by atoms with Crippen LogP contribution in [0.15, 0.2) is 6.07 Å². The van der Waals surface area contributed by atoms with Crippen molar-refractivity contribution in [1.82, 2.24) is 9.97 Å². The summed E-state index contributed by atoms with van der Waals surface area (Å²) in [6.45, 7) is 10.4. The van der Waals surface area contributed by atoms with Crippen molar-refractivity contribution in [2.24, 2.45) is 0 Å². The molecule has 0 fully saturated rings. The zero-order valence-corrected chi connectivity index (χ0v) is 11.3. The van der Waals surface area contributed by atoms with E-state index in [0.29, 0.717) is 11.1 Å². The molecule has 0 saturated carbocycles. The lowest BCUT2D eigenvalue weighted by atomic mass is 10.2. The van der Waals surface area contributed by atoms with Crippen molar-refractivity contribution < 1.29 is 0 Å². The molecule has 90 valence electrons. The fraction of sp³-hybridized carbons (Fsp3) is 0.667. The number of anilines is 1. The molecule has 1 heterocycles. The molecule has 0 aliphatic heterocycles. The fourth-order valence-electron chi connectivity index (χ4n) is 1.55. The Morgan fingerprint density at radius 2 is 2.00 bits per heavy atom. The molecule has 4 heteroatoms. The Balaban J connectivity index is 3.02. The van der Waals surface area contributed by atoms with Crippen molar-refractivity contribution in [2.45, 2.75) is 40.0 Å². The van der Waals surface area contributed by atoms with Crippen molar-refractivity contribution in [3.05, 3.63) is 17.0 Å². The van der Waals surface area contributed by atoms with Gasteiger partial charge in [0.15, 0.2) is 0 Å². The molecule has 0 N–H and O–H groups in total. The zero-order chi connectivity index (χ0) is 12.1. The molecular weight excluding hydrogens is 222 g/mol. The summed E-state index contributed by atoms with van der Waals surface area (Å²) in [7, 11) is 0. The van der Waals surface area contributed by atoms with Crippen LogP contribution in [0, 0.1) is 0 Å². The summed E-state index contributed by atoms with van der Waals surface area (Å²) in [6.07, 6.45) is 1.10. The molecule has 1 aromatic rings. The van der Waals surface area contributed by atoms with E-state index in [1.165, 1.54) is 0 Å². The van der Waals surface area contributed by atoms with Gasteiger partial charge in [-0.1, -0.05) is 32.4 Å². The summed E-state index contributed by atoms with van der Waals surface area (Å²) in [5, 5.41) is 0.531. The van der Waals surface area contributed by atoms with E-state index in [-0.39, 0.29) is 0 Å². The SMILES string of the molecule is CCCN(CC)c1cc(Cl)nc(C(C)C)n1. The van der Waals surface area contributed by atoms with Gasteiger partial charge in [0.05, 0.1) is 0 Å². The first-order chi connectivity index (χ1) is 7.58. The van der Waals surface area contributed by atoms with Crippen LogP contribution in [0.25, 0.3) is 0 Å².